The van der Waals surface area contributed by atoms with Gasteiger partial charge in [0.05, 0.1) is 12.5 Å². The summed E-state index contributed by atoms with van der Waals surface area (Å²) >= 11 is 0. The van der Waals surface area contributed by atoms with Crippen molar-refractivity contribution in [2.45, 2.75) is 19.3 Å². The Bertz CT molecular complexity index is 664. The lowest BCUT2D eigenvalue weighted by molar-refractivity contribution is -0.145. The van der Waals surface area contributed by atoms with Crippen LogP contribution >= 0.6 is 0 Å². The fraction of sp³-hybridized carbons (Fsp3) is 0.263. The van der Waals surface area contributed by atoms with Gasteiger partial charge in [-0.15, -0.1) is 0 Å². The summed E-state index contributed by atoms with van der Waals surface area (Å²) in [6.07, 6.45) is 0.406. The number of esters is 1. The minimum Gasteiger partial charge on any atom is -0.465 e. The second-order valence-electron chi connectivity index (χ2n) is 5.25. The second-order valence-corrected chi connectivity index (χ2v) is 5.25. The van der Waals surface area contributed by atoms with Crippen LogP contribution in [0.1, 0.15) is 40.7 Å². The van der Waals surface area contributed by atoms with Gasteiger partial charge in [0, 0.05) is 24.2 Å². The van der Waals surface area contributed by atoms with E-state index in [1.165, 1.54) is 0 Å². The molecular formula is C19H20O4. The van der Waals surface area contributed by atoms with Gasteiger partial charge in [0.25, 0.3) is 0 Å². The summed E-state index contributed by atoms with van der Waals surface area (Å²) in [5.41, 5.74) is 1.74. The van der Waals surface area contributed by atoms with Gasteiger partial charge >= 0.3 is 5.97 Å². The maximum atomic E-state index is 12.7. The standard InChI is InChI=1S/C19H20O4/c1-14(19(22)23-13-7-12-20)16-10-5-6-11-17(16)18(21)15-8-3-2-4-9-15/h2-6,8-11,14,20H,7,12-13H2,1H3. The lowest BCUT2D eigenvalue weighted by Crippen LogP contribution is -2.17. The van der Waals surface area contributed by atoms with Gasteiger partial charge in [0.2, 0.25) is 0 Å². The van der Waals surface area contributed by atoms with Crippen LogP contribution in [-0.2, 0) is 9.53 Å². The molecule has 0 radical (unpaired) electrons. The minimum atomic E-state index is -0.544. The van der Waals surface area contributed by atoms with E-state index in [0.29, 0.717) is 23.1 Å². The highest BCUT2D eigenvalue weighted by Gasteiger charge is 2.22. The number of rotatable bonds is 7. The van der Waals surface area contributed by atoms with Crippen molar-refractivity contribution in [2.24, 2.45) is 0 Å². The van der Waals surface area contributed by atoms with Crippen LogP contribution in [0.3, 0.4) is 0 Å². The van der Waals surface area contributed by atoms with Crippen molar-refractivity contribution in [3.8, 4) is 0 Å². The number of carbonyl (C=O) groups excluding carboxylic acids is 2. The van der Waals surface area contributed by atoms with E-state index >= 15 is 0 Å². The van der Waals surface area contributed by atoms with Gasteiger partial charge in [-0.2, -0.15) is 0 Å². The summed E-state index contributed by atoms with van der Waals surface area (Å²) in [5.74, 6) is -1.06. The first-order valence-corrected chi connectivity index (χ1v) is 7.61. The highest BCUT2D eigenvalue weighted by molar-refractivity contribution is 6.10. The van der Waals surface area contributed by atoms with Crippen LogP contribution in [0.2, 0.25) is 0 Å². The number of ether oxygens (including phenoxy) is 1. The zero-order valence-corrected chi connectivity index (χ0v) is 13.1. The Labute approximate surface area is 135 Å². The number of ketones is 1. The number of carbonyl (C=O) groups is 2. The second kappa shape index (κ2) is 8.25. The zero-order chi connectivity index (χ0) is 16.7. The molecule has 0 amide bonds. The largest absolute Gasteiger partial charge is 0.465 e. The summed E-state index contributed by atoms with van der Waals surface area (Å²) in [4.78, 5) is 24.8. The van der Waals surface area contributed by atoms with Crippen LogP contribution in [0.25, 0.3) is 0 Å². The predicted molar refractivity (Wildman–Crippen MR) is 87.4 cm³/mol. The molecule has 0 aromatic heterocycles. The molecule has 0 aliphatic rings. The summed E-state index contributed by atoms with van der Waals surface area (Å²) in [5, 5.41) is 8.74. The molecule has 0 bridgehead atoms. The Hall–Kier alpha value is -2.46. The van der Waals surface area contributed by atoms with Crippen molar-refractivity contribution >= 4 is 11.8 Å². The molecule has 0 aliphatic heterocycles. The molecule has 23 heavy (non-hydrogen) atoms. The molecule has 4 nitrogen and oxygen atoms in total. The molecule has 0 aliphatic carbocycles. The van der Waals surface area contributed by atoms with E-state index in [2.05, 4.69) is 0 Å². The van der Waals surface area contributed by atoms with E-state index in [-0.39, 0.29) is 19.0 Å². The van der Waals surface area contributed by atoms with Crippen molar-refractivity contribution in [2.75, 3.05) is 13.2 Å². The molecule has 2 rings (SSSR count). The van der Waals surface area contributed by atoms with E-state index in [1.54, 1.807) is 43.3 Å². The van der Waals surface area contributed by atoms with Gasteiger partial charge in [-0.1, -0.05) is 54.6 Å². The fourth-order valence-electron chi connectivity index (χ4n) is 2.32. The van der Waals surface area contributed by atoms with Crippen molar-refractivity contribution < 1.29 is 19.4 Å². The van der Waals surface area contributed by atoms with E-state index in [0.717, 1.165) is 0 Å². The molecule has 4 heteroatoms. The van der Waals surface area contributed by atoms with E-state index in [9.17, 15) is 9.59 Å². The number of hydrogen-bond donors (Lipinski definition) is 1. The van der Waals surface area contributed by atoms with Crippen LogP contribution in [0.4, 0.5) is 0 Å². The Morgan fingerprint density at radius 1 is 1.04 bits per heavy atom. The van der Waals surface area contributed by atoms with Gasteiger partial charge < -0.3 is 9.84 Å². The number of hydrogen-bond acceptors (Lipinski definition) is 4. The third-order valence-corrected chi connectivity index (χ3v) is 3.61. The molecule has 0 fully saturated rings. The van der Waals surface area contributed by atoms with Crippen LogP contribution in [0.15, 0.2) is 54.6 Å². The van der Waals surface area contributed by atoms with Crippen molar-refractivity contribution in [1.29, 1.82) is 0 Å². The van der Waals surface area contributed by atoms with Gasteiger partial charge in [0.15, 0.2) is 5.78 Å². The monoisotopic (exact) mass is 312 g/mol. The molecule has 2 aromatic rings. The Balaban J connectivity index is 2.23. The maximum absolute atomic E-state index is 12.7. The first kappa shape index (κ1) is 16.9. The van der Waals surface area contributed by atoms with E-state index < -0.39 is 11.9 Å². The highest BCUT2D eigenvalue weighted by Crippen LogP contribution is 2.23. The molecule has 0 heterocycles. The molecule has 2 aromatic carbocycles. The van der Waals surface area contributed by atoms with Crippen LogP contribution < -0.4 is 0 Å². The van der Waals surface area contributed by atoms with Crippen molar-refractivity contribution in [3.05, 3.63) is 71.3 Å². The average Bonchev–Trinajstić information content (AvgIpc) is 2.61. The molecule has 1 atom stereocenters. The van der Waals surface area contributed by atoms with Gasteiger partial charge in [-0.25, -0.2) is 0 Å². The highest BCUT2D eigenvalue weighted by atomic mass is 16.5. The first-order valence-electron chi connectivity index (χ1n) is 7.61. The third kappa shape index (κ3) is 4.27. The fourth-order valence-corrected chi connectivity index (χ4v) is 2.32. The third-order valence-electron chi connectivity index (χ3n) is 3.61. The van der Waals surface area contributed by atoms with Crippen LogP contribution in [0, 0.1) is 0 Å². The summed E-state index contributed by atoms with van der Waals surface area (Å²) < 4.78 is 5.13. The maximum Gasteiger partial charge on any atom is 0.313 e. The number of benzene rings is 2. The normalized spacial score (nSPS) is 11.7. The van der Waals surface area contributed by atoms with E-state index in [1.807, 2.05) is 18.2 Å². The average molecular weight is 312 g/mol. The Kier molecular flexibility index (Phi) is 6.06. The molecule has 0 saturated heterocycles. The SMILES string of the molecule is CC(C(=O)OCCCO)c1ccccc1C(=O)c1ccccc1. The smallest absolute Gasteiger partial charge is 0.313 e. The molecule has 1 N–H and O–H groups in total. The summed E-state index contributed by atoms with van der Waals surface area (Å²) in [6.45, 7) is 1.87. The van der Waals surface area contributed by atoms with E-state index in [4.69, 9.17) is 9.84 Å². The van der Waals surface area contributed by atoms with Crippen molar-refractivity contribution in [1.82, 2.24) is 0 Å². The molecule has 1 unspecified atom stereocenters. The summed E-state index contributed by atoms with van der Waals surface area (Å²) in [6, 6.07) is 16.1. The molecule has 0 saturated carbocycles. The summed E-state index contributed by atoms with van der Waals surface area (Å²) in [7, 11) is 0. The van der Waals surface area contributed by atoms with Gasteiger partial charge in [0.1, 0.15) is 0 Å². The predicted octanol–water partition coefficient (Wildman–Crippen LogP) is 2.95. The molecule has 120 valence electrons. The Morgan fingerprint density at radius 2 is 1.70 bits per heavy atom. The lowest BCUT2D eigenvalue weighted by atomic mass is 9.91. The quantitative estimate of drug-likeness (QED) is 0.485. The minimum absolute atomic E-state index is 0.0231. The van der Waals surface area contributed by atoms with Gasteiger partial charge in [-0.3, -0.25) is 9.59 Å². The Morgan fingerprint density at radius 3 is 2.39 bits per heavy atom. The van der Waals surface area contributed by atoms with Crippen LogP contribution in [-0.4, -0.2) is 30.1 Å². The number of aliphatic hydroxyl groups is 1. The topological polar surface area (TPSA) is 63.6 Å². The van der Waals surface area contributed by atoms with Crippen molar-refractivity contribution in [3.63, 3.8) is 0 Å². The lowest BCUT2D eigenvalue weighted by Gasteiger charge is -2.15. The molecular weight excluding hydrogens is 292 g/mol. The zero-order valence-electron chi connectivity index (χ0n) is 13.1. The first-order chi connectivity index (χ1) is 11.1. The van der Waals surface area contributed by atoms with Gasteiger partial charge in [-0.05, 0) is 12.5 Å². The number of aliphatic hydroxyl groups excluding tert-OH is 1. The van der Waals surface area contributed by atoms with Crippen LogP contribution in [0.5, 0.6) is 0 Å². The molecule has 0 spiro atoms.